The monoisotopic (exact) mass is 478 g/mol. The Morgan fingerprint density at radius 2 is 1.90 bits per heavy atom. The highest BCUT2D eigenvalue weighted by Crippen LogP contribution is 2.26. The van der Waals surface area contributed by atoms with Gasteiger partial charge in [0.2, 0.25) is 0 Å². The van der Waals surface area contributed by atoms with Crippen LogP contribution in [0, 0.1) is 0 Å². The highest BCUT2D eigenvalue weighted by atomic mass is 79.9. The molecule has 0 aliphatic carbocycles. The quantitative estimate of drug-likeness (QED) is 0.327. The molecule has 156 valence electrons. The molecule has 0 spiro atoms. The Balaban J connectivity index is 1.88. The van der Waals surface area contributed by atoms with Crippen LogP contribution in [0.4, 0.5) is 5.69 Å². The minimum Gasteiger partial charge on any atom is -0.494 e. The van der Waals surface area contributed by atoms with Gasteiger partial charge < -0.3 is 14.8 Å². The molecule has 7 heteroatoms. The first-order valence-corrected chi connectivity index (χ1v) is 11.0. The van der Waals surface area contributed by atoms with Crippen molar-refractivity contribution >= 4 is 44.9 Å². The maximum Gasteiger partial charge on any atom is 0.257 e. The smallest absolute Gasteiger partial charge is 0.257 e. The first kappa shape index (κ1) is 23.2. The van der Waals surface area contributed by atoms with E-state index in [0.29, 0.717) is 18.8 Å². The Kier molecular flexibility index (Phi) is 9.94. The minimum atomic E-state index is -0.293. The summed E-state index contributed by atoms with van der Waals surface area (Å²) in [5.41, 5.74) is 1.23. The number of thiocarbonyl (C=S) groups is 1. The van der Waals surface area contributed by atoms with Crippen LogP contribution >= 0.6 is 28.1 Å². The van der Waals surface area contributed by atoms with Crippen LogP contribution in [0.2, 0.25) is 0 Å². The molecule has 0 unspecified atom stereocenters. The fraction of sp³-hybridized carbons (Fsp3) is 0.364. The van der Waals surface area contributed by atoms with Crippen molar-refractivity contribution in [3.05, 3.63) is 52.5 Å². The summed E-state index contributed by atoms with van der Waals surface area (Å²) < 4.78 is 12.0. The molecule has 2 rings (SSSR count). The molecule has 29 heavy (non-hydrogen) atoms. The van der Waals surface area contributed by atoms with Crippen molar-refractivity contribution in [3.8, 4) is 11.5 Å². The predicted molar refractivity (Wildman–Crippen MR) is 125 cm³/mol. The Morgan fingerprint density at radius 3 is 2.62 bits per heavy atom. The van der Waals surface area contributed by atoms with Gasteiger partial charge in [-0.2, -0.15) is 0 Å². The van der Waals surface area contributed by atoms with E-state index in [9.17, 15) is 4.79 Å². The van der Waals surface area contributed by atoms with E-state index in [1.165, 1.54) is 12.8 Å². The van der Waals surface area contributed by atoms with Crippen molar-refractivity contribution < 1.29 is 14.3 Å². The van der Waals surface area contributed by atoms with Gasteiger partial charge in [0.05, 0.1) is 17.7 Å². The second-order valence-electron chi connectivity index (χ2n) is 6.42. The van der Waals surface area contributed by atoms with Crippen molar-refractivity contribution in [1.29, 1.82) is 0 Å². The van der Waals surface area contributed by atoms with E-state index in [4.69, 9.17) is 21.7 Å². The lowest BCUT2D eigenvalue weighted by Crippen LogP contribution is -2.34. The van der Waals surface area contributed by atoms with Crippen LogP contribution in [0.1, 0.15) is 49.9 Å². The van der Waals surface area contributed by atoms with Gasteiger partial charge in [-0.25, -0.2) is 0 Å². The van der Waals surface area contributed by atoms with Gasteiger partial charge in [0.25, 0.3) is 5.91 Å². The third-order valence-corrected chi connectivity index (χ3v) is 4.90. The van der Waals surface area contributed by atoms with Crippen molar-refractivity contribution in [2.45, 2.75) is 39.5 Å². The number of rotatable bonds is 10. The van der Waals surface area contributed by atoms with E-state index < -0.39 is 0 Å². The van der Waals surface area contributed by atoms with Gasteiger partial charge in [0.15, 0.2) is 5.11 Å². The standard InChI is InChI=1S/C22H27BrN2O3S/c1-3-5-6-7-13-28-20-12-11-16(14-19(20)23)21(26)25-22(29)24-17-9-8-10-18(15-17)27-4-2/h8-12,14-15H,3-7,13H2,1-2H3,(H2,24,25,26,29). The zero-order valence-corrected chi connectivity index (χ0v) is 19.2. The summed E-state index contributed by atoms with van der Waals surface area (Å²) >= 11 is 8.72. The summed E-state index contributed by atoms with van der Waals surface area (Å²) in [6.45, 7) is 5.35. The summed E-state index contributed by atoms with van der Waals surface area (Å²) in [7, 11) is 0. The average molecular weight is 479 g/mol. The lowest BCUT2D eigenvalue weighted by molar-refractivity contribution is 0.0977. The van der Waals surface area contributed by atoms with E-state index in [0.717, 1.165) is 34.5 Å². The van der Waals surface area contributed by atoms with E-state index >= 15 is 0 Å². The highest BCUT2D eigenvalue weighted by Gasteiger charge is 2.11. The number of hydrogen-bond acceptors (Lipinski definition) is 4. The Bertz CT molecular complexity index is 829. The first-order chi connectivity index (χ1) is 14.0. The number of benzene rings is 2. The second kappa shape index (κ2) is 12.4. The molecule has 0 aromatic heterocycles. The van der Waals surface area contributed by atoms with Crippen molar-refractivity contribution in [3.63, 3.8) is 0 Å². The number of amides is 1. The molecule has 0 fully saturated rings. The molecule has 0 aliphatic rings. The summed E-state index contributed by atoms with van der Waals surface area (Å²) in [5.74, 6) is 1.17. The number of unbranched alkanes of at least 4 members (excludes halogenated alkanes) is 3. The summed E-state index contributed by atoms with van der Waals surface area (Å²) in [6.07, 6.45) is 4.59. The van der Waals surface area contributed by atoms with Gasteiger partial charge in [-0.1, -0.05) is 32.3 Å². The molecule has 5 nitrogen and oxygen atoms in total. The van der Waals surface area contributed by atoms with Gasteiger partial charge >= 0.3 is 0 Å². The van der Waals surface area contributed by atoms with Crippen LogP contribution in [0.25, 0.3) is 0 Å². The highest BCUT2D eigenvalue weighted by molar-refractivity contribution is 9.10. The number of halogens is 1. The molecule has 0 atom stereocenters. The first-order valence-electron chi connectivity index (χ1n) is 9.81. The topological polar surface area (TPSA) is 59.6 Å². The average Bonchev–Trinajstić information content (AvgIpc) is 2.69. The molecule has 2 aromatic rings. The van der Waals surface area contributed by atoms with Crippen LogP contribution in [-0.4, -0.2) is 24.2 Å². The second-order valence-corrected chi connectivity index (χ2v) is 7.69. The van der Waals surface area contributed by atoms with E-state index in [2.05, 4.69) is 33.5 Å². The Labute approximate surface area is 186 Å². The number of ether oxygens (including phenoxy) is 2. The van der Waals surface area contributed by atoms with Crippen LogP contribution in [-0.2, 0) is 0 Å². The third-order valence-electron chi connectivity index (χ3n) is 4.08. The van der Waals surface area contributed by atoms with Crippen molar-refractivity contribution in [2.24, 2.45) is 0 Å². The largest absolute Gasteiger partial charge is 0.494 e. The summed E-state index contributed by atoms with van der Waals surface area (Å²) in [5, 5.41) is 5.90. The summed E-state index contributed by atoms with van der Waals surface area (Å²) in [6, 6.07) is 12.6. The fourth-order valence-electron chi connectivity index (χ4n) is 2.64. The van der Waals surface area contributed by atoms with Crippen LogP contribution < -0.4 is 20.1 Å². The fourth-order valence-corrected chi connectivity index (χ4v) is 3.34. The SMILES string of the molecule is CCCCCCOc1ccc(C(=O)NC(=S)Nc2cccc(OCC)c2)cc1Br. The van der Waals surface area contributed by atoms with E-state index in [1.807, 2.05) is 31.2 Å². The maximum atomic E-state index is 12.5. The van der Waals surface area contributed by atoms with E-state index in [1.54, 1.807) is 18.2 Å². The summed E-state index contributed by atoms with van der Waals surface area (Å²) in [4.78, 5) is 12.5. The molecule has 0 saturated carbocycles. The lowest BCUT2D eigenvalue weighted by atomic mass is 10.2. The van der Waals surface area contributed by atoms with Crippen LogP contribution in [0.3, 0.4) is 0 Å². The predicted octanol–water partition coefficient (Wildman–Crippen LogP) is 5.93. The lowest BCUT2D eigenvalue weighted by Gasteiger charge is -2.12. The molecule has 1 amide bonds. The minimum absolute atomic E-state index is 0.219. The number of anilines is 1. The molecular formula is C22H27BrN2O3S. The molecular weight excluding hydrogens is 452 g/mol. The number of carbonyl (C=O) groups excluding carboxylic acids is 1. The molecule has 0 heterocycles. The maximum absolute atomic E-state index is 12.5. The Hall–Kier alpha value is -2.12. The number of nitrogens with one attached hydrogen (secondary N) is 2. The molecule has 0 bridgehead atoms. The van der Waals surface area contributed by atoms with Crippen molar-refractivity contribution in [1.82, 2.24) is 5.32 Å². The number of carbonyl (C=O) groups is 1. The van der Waals surface area contributed by atoms with Gasteiger partial charge in [-0.15, -0.1) is 0 Å². The molecule has 2 aromatic carbocycles. The van der Waals surface area contributed by atoms with Gasteiger partial charge in [-0.3, -0.25) is 10.1 Å². The van der Waals surface area contributed by atoms with Gasteiger partial charge in [-0.05, 0) is 71.8 Å². The van der Waals surface area contributed by atoms with Crippen molar-refractivity contribution in [2.75, 3.05) is 18.5 Å². The molecule has 0 saturated heterocycles. The molecule has 2 N–H and O–H groups in total. The Morgan fingerprint density at radius 1 is 1.07 bits per heavy atom. The third kappa shape index (κ3) is 8.03. The van der Waals surface area contributed by atoms with Gasteiger partial charge in [0.1, 0.15) is 11.5 Å². The number of hydrogen-bond donors (Lipinski definition) is 2. The zero-order chi connectivity index (χ0) is 21.1. The van der Waals surface area contributed by atoms with Crippen LogP contribution in [0.15, 0.2) is 46.9 Å². The molecule has 0 radical (unpaired) electrons. The van der Waals surface area contributed by atoms with Crippen LogP contribution in [0.5, 0.6) is 11.5 Å². The zero-order valence-electron chi connectivity index (χ0n) is 16.8. The molecule has 0 aliphatic heterocycles. The van der Waals surface area contributed by atoms with Gasteiger partial charge in [0, 0.05) is 17.3 Å². The normalized spacial score (nSPS) is 10.3. The van der Waals surface area contributed by atoms with E-state index in [-0.39, 0.29) is 11.0 Å².